The summed E-state index contributed by atoms with van der Waals surface area (Å²) in [5, 5.41) is 9.40. The fourth-order valence-electron chi connectivity index (χ4n) is 1.60. The normalized spacial score (nSPS) is 10.4. The van der Waals surface area contributed by atoms with Crippen molar-refractivity contribution in [2.45, 2.75) is 6.42 Å². The van der Waals surface area contributed by atoms with Crippen molar-refractivity contribution in [3.63, 3.8) is 0 Å². The minimum absolute atomic E-state index is 0.0625. The molecule has 0 aliphatic heterocycles. The van der Waals surface area contributed by atoms with Crippen LogP contribution in [0.4, 0.5) is 0 Å². The molecule has 0 saturated carbocycles. The molecule has 0 aliphatic carbocycles. The summed E-state index contributed by atoms with van der Waals surface area (Å²) in [4.78, 5) is 24.2. The van der Waals surface area contributed by atoms with Gasteiger partial charge in [-0.25, -0.2) is 0 Å². The maximum Gasteiger partial charge on any atom is 0.309 e. The molecule has 1 aromatic heterocycles. The number of carbonyl (C=O) groups is 2. The number of carboxylic acids is 1. The van der Waals surface area contributed by atoms with Crippen LogP contribution in [0.25, 0.3) is 10.9 Å². The highest BCUT2D eigenvalue weighted by atomic mass is 16.4. The van der Waals surface area contributed by atoms with Crippen LogP contribution in [0.2, 0.25) is 0 Å². The number of carboxylic acid groups (broad SMARTS) is 1. The second-order valence-corrected chi connectivity index (χ2v) is 3.29. The number of aromatic amines is 1. The van der Waals surface area contributed by atoms with E-state index in [1.165, 1.54) is 0 Å². The molecular formula is C11H9NO3. The Bertz CT molecular complexity index is 528. The van der Waals surface area contributed by atoms with Crippen LogP contribution in [0, 0.1) is 0 Å². The number of nitrogens with one attached hydrogen (secondary N) is 1. The number of aliphatic carboxylic acids is 1. The van der Waals surface area contributed by atoms with Gasteiger partial charge < -0.3 is 10.1 Å². The first-order valence-corrected chi connectivity index (χ1v) is 4.48. The zero-order valence-corrected chi connectivity index (χ0v) is 7.86. The van der Waals surface area contributed by atoms with Gasteiger partial charge in [-0.15, -0.1) is 0 Å². The Morgan fingerprint density at radius 3 is 2.93 bits per heavy atom. The molecule has 0 bridgehead atoms. The lowest BCUT2D eigenvalue weighted by molar-refractivity contribution is -0.136. The lowest BCUT2D eigenvalue weighted by atomic mass is 10.1. The first-order chi connectivity index (χ1) is 7.20. The van der Waals surface area contributed by atoms with Gasteiger partial charge in [-0.2, -0.15) is 0 Å². The standard InChI is InChI=1S/C11H9NO3/c13-6-7-2-1-3-10-9(7)4-8(12-10)5-11(14)15/h1-4,6,12H,5H2,(H,14,15). The molecule has 2 N–H and O–H groups in total. The van der Waals surface area contributed by atoms with Gasteiger partial charge in [0.1, 0.15) is 0 Å². The third-order valence-electron chi connectivity index (χ3n) is 2.22. The van der Waals surface area contributed by atoms with Crippen molar-refractivity contribution < 1.29 is 14.7 Å². The third kappa shape index (κ3) is 1.74. The van der Waals surface area contributed by atoms with E-state index in [0.717, 1.165) is 17.2 Å². The SMILES string of the molecule is O=Cc1cccc2[nH]c(CC(=O)O)cc12. The van der Waals surface area contributed by atoms with Crippen molar-refractivity contribution in [1.29, 1.82) is 0 Å². The molecule has 1 aromatic carbocycles. The average molecular weight is 203 g/mol. The summed E-state index contributed by atoms with van der Waals surface area (Å²) in [6, 6.07) is 6.97. The number of aldehydes is 1. The molecule has 0 saturated heterocycles. The molecule has 2 rings (SSSR count). The Morgan fingerprint density at radius 2 is 2.27 bits per heavy atom. The van der Waals surface area contributed by atoms with Crippen LogP contribution in [-0.4, -0.2) is 22.3 Å². The topological polar surface area (TPSA) is 70.2 Å². The van der Waals surface area contributed by atoms with E-state index in [1.807, 2.05) is 6.07 Å². The van der Waals surface area contributed by atoms with E-state index in [4.69, 9.17) is 5.11 Å². The fourth-order valence-corrected chi connectivity index (χ4v) is 1.60. The highest BCUT2D eigenvalue weighted by molar-refractivity contribution is 5.97. The highest BCUT2D eigenvalue weighted by Crippen LogP contribution is 2.18. The van der Waals surface area contributed by atoms with Crippen molar-refractivity contribution in [2.75, 3.05) is 0 Å². The van der Waals surface area contributed by atoms with E-state index in [1.54, 1.807) is 18.2 Å². The minimum atomic E-state index is -0.894. The van der Waals surface area contributed by atoms with E-state index >= 15 is 0 Å². The minimum Gasteiger partial charge on any atom is -0.481 e. The van der Waals surface area contributed by atoms with Crippen LogP contribution in [0.5, 0.6) is 0 Å². The summed E-state index contributed by atoms with van der Waals surface area (Å²) in [6.07, 6.45) is 0.702. The van der Waals surface area contributed by atoms with Crippen LogP contribution in [0.15, 0.2) is 24.3 Å². The molecule has 76 valence electrons. The Hall–Kier alpha value is -2.10. The molecule has 4 nitrogen and oxygen atoms in total. The number of hydrogen-bond donors (Lipinski definition) is 2. The van der Waals surface area contributed by atoms with Gasteiger partial charge in [0.15, 0.2) is 6.29 Å². The molecule has 0 spiro atoms. The second kappa shape index (κ2) is 3.57. The molecule has 1 heterocycles. The molecule has 2 aromatic rings. The highest BCUT2D eigenvalue weighted by Gasteiger charge is 2.07. The molecule has 0 fully saturated rings. The third-order valence-corrected chi connectivity index (χ3v) is 2.22. The summed E-state index contributed by atoms with van der Waals surface area (Å²) in [5.41, 5.74) is 1.96. The van der Waals surface area contributed by atoms with Gasteiger partial charge in [0, 0.05) is 22.2 Å². The lowest BCUT2D eigenvalue weighted by Gasteiger charge is -1.91. The van der Waals surface area contributed by atoms with Gasteiger partial charge in [0.05, 0.1) is 6.42 Å². The Kier molecular flexibility index (Phi) is 2.25. The van der Waals surface area contributed by atoms with Gasteiger partial charge in [-0.1, -0.05) is 12.1 Å². The first-order valence-electron chi connectivity index (χ1n) is 4.48. The van der Waals surface area contributed by atoms with Crippen LogP contribution < -0.4 is 0 Å². The Balaban J connectivity index is 2.54. The van der Waals surface area contributed by atoms with Crippen LogP contribution in [0.1, 0.15) is 16.1 Å². The van der Waals surface area contributed by atoms with E-state index in [0.29, 0.717) is 11.3 Å². The first kappa shape index (κ1) is 9.45. The average Bonchev–Trinajstić information content (AvgIpc) is 2.58. The summed E-state index contributed by atoms with van der Waals surface area (Å²) >= 11 is 0. The predicted molar refractivity (Wildman–Crippen MR) is 55.0 cm³/mol. The zero-order valence-electron chi connectivity index (χ0n) is 7.86. The molecule has 0 unspecified atom stereocenters. The van der Waals surface area contributed by atoms with Crippen LogP contribution in [-0.2, 0) is 11.2 Å². The maximum atomic E-state index is 10.7. The zero-order chi connectivity index (χ0) is 10.8. The maximum absolute atomic E-state index is 10.7. The van der Waals surface area contributed by atoms with E-state index in [-0.39, 0.29) is 6.42 Å². The molecule has 0 amide bonds. The van der Waals surface area contributed by atoms with E-state index < -0.39 is 5.97 Å². The Labute approximate surface area is 85.5 Å². The van der Waals surface area contributed by atoms with Crippen molar-refractivity contribution in [3.05, 3.63) is 35.5 Å². The van der Waals surface area contributed by atoms with Crippen molar-refractivity contribution in [2.24, 2.45) is 0 Å². The second-order valence-electron chi connectivity index (χ2n) is 3.29. The van der Waals surface area contributed by atoms with Crippen LogP contribution in [0.3, 0.4) is 0 Å². The van der Waals surface area contributed by atoms with Crippen molar-refractivity contribution >= 4 is 23.2 Å². The molecule has 4 heteroatoms. The number of carbonyl (C=O) groups excluding carboxylic acids is 1. The van der Waals surface area contributed by atoms with Gasteiger partial charge in [0.2, 0.25) is 0 Å². The summed E-state index contributed by atoms with van der Waals surface area (Å²) in [7, 11) is 0. The molecule has 0 atom stereocenters. The number of rotatable bonds is 3. The summed E-state index contributed by atoms with van der Waals surface area (Å²) in [6.45, 7) is 0. The lowest BCUT2D eigenvalue weighted by Crippen LogP contribution is -1.99. The Morgan fingerprint density at radius 1 is 1.47 bits per heavy atom. The van der Waals surface area contributed by atoms with Gasteiger partial charge in [-0.05, 0) is 12.1 Å². The monoisotopic (exact) mass is 203 g/mol. The quantitative estimate of drug-likeness (QED) is 0.744. The van der Waals surface area contributed by atoms with Gasteiger partial charge >= 0.3 is 5.97 Å². The van der Waals surface area contributed by atoms with Crippen LogP contribution >= 0.6 is 0 Å². The smallest absolute Gasteiger partial charge is 0.309 e. The number of aromatic nitrogens is 1. The van der Waals surface area contributed by atoms with E-state index in [2.05, 4.69) is 4.98 Å². The number of fused-ring (bicyclic) bond motifs is 1. The predicted octanol–water partition coefficient (Wildman–Crippen LogP) is 1.61. The van der Waals surface area contributed by atoms with Crippen molar-refractivity contribution in [1.82, 2.24) is 4.98 Å². The fraction of sp³-hybridized carbons (Fsp3) is 0.0909. The van der Waals surface area contributed by atoms with E-state index in [9.17, 15) is 9.59 Å². The largest absolute Gasteiger partial charge is 0.481 e. The molecule has 15 heavy (non-hydrogen) atoms. The number of H-pyrrole nitrogens is 1. The number of hydrogen-bond acceptors (Lipinski definition) is 2. The summed E-state index contributed by atoms with van der Waals surface area (Å²) in [5.74, 6) is -0.894. The van der Waals surface area contributed by atoms with Gasteiger partial charge in [-0.3, -0.25) is 9.59 Å². The molecule has 0 aliphatic rings. The van der Waals surface area contributed by atoms with Crippen molar-refractivity contribution in [3.8, 4) is 0 Å². The number of benzene rings is 1. The summed E-state index contributed by atoms with van der Waals surface area (Å²) < 4.78 is 0. The molecular weight excluding hydrogens is 194 g/mol. The molecule has 0 radical (unpaired) electrons. The van der Waals surface area contributed by atoms with Gasteiger partial charge in [0.25, 0.3) is 0 Å².